The Hall–Kier alpha value is -0.410. The second kappa shape index (κ2) is 3.76. The first kappa shape index (κ1) is 9.16. The summed E-state index contributed by atoms with van der Waals surface area (Å²) in [6.45, 7) is 4.44. The molecule has 0 aliphatic heterocycles. The van der Waals surface area contributed by atoms with Gasteiger partial charge in [0.2, 0.25) is 0 Å². The summed E-state index contributed by atoms with van der Waals surface area (Å²) in [7, 11) is 0. The van der Waals surface area contributed by atoms with E-state index >= 15 is 0 Å². The van der Waals surface area contributed by atoms with Crippen molar-refractivity contribution in [2.75, 3.05) is 6.54 Å². The number of thiazole rings is 1. The molecule has 0 spiro atoms. The average Bonchev–Trinajstić information content (AvgIpc) is 2.54. The highest BCUT2D eigenvalue weighted by atomic mass is 32.1. The predicted molar refractivity (Wildman–Crippen MR) is 55.8 cm³/mol. The zero-order chi connectivity index (χ0) is 9.15. The topological polar surface area (TPSA) is 24.9 Å². The Morgan fingerprint density at radius 3 is 3.00 bits per heavy atom. The molecule has 0 saturated heterocycles. The van der Waals surface area contributed by atoms with Crippen LogP contribution in [0.3, 0.4) is 0 Å². The van der Waals surface area contributed by atoms with Crippen LogP contribution in [0.2, 0.25) is 0 Å². The number of hydrogen-bond donors (Lipinski definition) is 1. The van der Waals surface area contributed by atoms with Gasteiger partial charge in [0, 0.05) is 18.5 Å². The van der Waals surface area contributed by atoms with Gasteiger partial charge in [0.25, 0.3) is 0 Å². The van der Waals surface area contributed by atoms with Crippen molar-refractivity contribution in [1.29, 1.82) is 0 Å². The SMILES string of the molecule is CC1(CNCc2cscn2)CCC1. The van der Waals surface area contributed by atoms with E-state index in [1.807, 2.05) is 5.51 Å². The first-order valence-corrected chi connectivity index (χ1v) is 5.81. The van der Waals surface area contributed by atoms with Gasteiger partial charge >= 0.3 is 0 Å². The van der Waals surface area contributed by atoms with E-state index in [4.69, 9.17) is 0 Å². The zero-order valence-electron chi connectivity index (χ0n) is 8.05. The summed E-state index contributed by atoms with van der Waals surface area (Å²) in [6.07, 6.45) is 4.18. The normalized spacial score (nSPS) is 19.8. The van der Waals surface area contributed by atoms with Crippen molar-refractivity contribution in [3.8, 4) is 0 Å². The van der Waals surface area contributed by atoms with Crippen molar-refractivity contribution in [3.05, 3.63) is 16.6 Å². The minimum atomic E-state index is 0.579. The third-order valence-corrected chi connectivity index (χ3v) is 3.54. The molecule has 1 aliphatic carbocycles. The quantitative estimate of drug-likeness (QED) is 0.800. The Labute approximate surface area is 83.4 Å². The third kappa shape index (κ3) is 2.29. The van der Waals surface area contributed by atoms with Crippen molar-refractivity contribution < 1.29 is 0 Å². The molecule has 2 nitrogen and oxygen atoms in total. The summed E-state index contributed by atoms with van der Waals surface area (Å²) < 4.78 is 0. The van der Waals surface area contributed by atoms with Gasteiger partial charge in [-0.1, -0.05) is 13.3 Å². The lowest BCUT2D eigenvalue weighted by atomic mass is 9.70. The maximum atomic E-state index is 4.24. The molecule has 0 atom stereocenters. The average molecular weight is 196 g/mol. The molecule has 0 unspecified atom stereocenters. The minimum absolute atomic E-state index is 0.579. The summed E-state index contributed by atoms with van der Waals surface area (Å²) in [6, 6.07) is 0. The number of aromatic nitrogens is 1. The highest BCUT2D eigenvalue weighted by molar-refractivity contribution is 7.07. The van der Waals surface area contributed by atoms with Gasteiger partial charge in [0.05, 0.1) is 11.2 Å². The number of nitrogens with zero attached hydrogens (tertiary/aromatic N) is 1. The van der Waals surface area contributed by atoms with Crippen LogP contribution in [0.5, 0.6) is 0 Å². The third-order valence-electron chi connectivity index (χ3n) is 2.90. The molecule has 1 N–H and O–H groups in total. The molecule has 1 saturated carbocycles. The van der Waals surface area contributed by atoms with Crippen molar-refractivity contribution in [2.24, 2.45) is 5.41 Å². The molecule has 1 aliphatic rings. The molecule has 0 aromatic carbocycles. The Morgan fingerprint density at radius 2 is 2.46 bits per heavy atom. The molecule has 1 aromatic rings. The number of rotatable bonds is 4. The van der Waals surface area contributed by atoms with Crippen LogP contribution in [0.1, 0.15) is 31.9 Å². The van der Waals surface area contributed by atoms with Gasteiger partial charge in [-0.25, -0.2) is 4.98 Å². The Morgan fingerprint density at radius 1 is 1.62 bits per heavy atom. The summed E-state index contributed by atoms with van der Waals surface area (Å²) >= 11 is 1.67. The van der Waals surface area contributed by atoms with Crippen LogP contribution in [0.25, 0.3) is 0 Å². The van der Waals surface area contributed by atoms with Crippen molar-refractivity contribution >= 4 is 11.3 Å². The van der Waals surface area contributed by atoms with E-state index in [1.54, 1.807) is 11.3 Å². The summed E-state index contributed by atoms with van der Waals surface area (Å²) in [5, 5.41) is 5.58. The highest BCUT2D eigenvalue weighted by Gasteiger charge is 2.30. The van der Waals surface area contributed by atoms with Gasteiger partial charge in [-0.05, 0) is 18.3 Å². The van der Waals surface area contributed by atoms with E-state index in [2.05, 4.69) is 22.6 Å². The minimum Gasteiger partial charge on any atom is -0.311 e. The fourth-order valence-corrected chi connectivity index (χ4v) is 2.33. The van der Waals surface area contributed by atoms with Crippen LogP contribution in [0.4, 0.5) is 0 Å². The summed E-state index contributed by atoms with van der Waals surface area (Å²) in [5.74, 6) is 0. The lowest BCUT2D eigenvalue weighted by molar-refractivity contribution is 0.156. The maximum Gasteiger partial charge on any atom is 0.0795 e. The summed E-state index contributed by atoms with van der Waals surface area (Å²) in [4.78, 5) is 4.24. The molecule has 1 heterocycles. The van der Waals surface area contributed by atoms with Crippen LogP contribution < -0.4 is 5.32 Å². The van der Waals surface area contributed by atoms with E-state index in [-0.39, 0.29) is 0 Å². The zero-order valence-corrected chi connectivity index (χ0v) is 8.86. The van der Waals surface area contributed by atoms with E-state index < -0.39 is 0 Å². The fourth-order valence-electron chi connectivity index (χ4n) is 1.77. The van der Waals surface area contributed by atoms with E-state index in [0.717, 1.165) is 13.1 Å². The molecule has 1 aromatic heterocycles. The van der Waals surface area contributed by atoms with E-state index in [9.17, 15) is 0 Å². The van der Waals surface area contributed by atoms with Gasteiger partial charge in [-0.15, -0.1) is 11.3 Å². The van der Waals surface area contributed by atoms with Crippen LogP contribution >= 0.6 is 11.3 Å². The second-order valence-electron chi connectivity index (χ2n) is 4.25. The summed E-state index contributed by atoms with van der Waals surface area (Å²) in [5.41, 5.74) is 3.64. The number of hydrogen-bond acceptors (Lipinski definition) is 3. The fraction of sp³-hybridized carbons (Fsp3) is 0.700. The molecule has 0 bridgehead atoms. The van der Waals surface area contributed by atoms with Gasteiger partial charge in [-0.2, -0.15) is 0 Å². The standard InChI is InChI=1S/C10H16N2S/c1-10(3-2-4-10)7-11-5-9-6-13-8-12-9/h6,8,11H,2-5,7H2,1H3. The van der Waals surface area contributed by atoms with Crippen LogP contribution in [0.15, 0.2) is 10.9 Å². The number of nitrogens with one attached hydrogen (secondary N) is 1. The highest BCUT2D eigenvalue weighted by Crippen LogP contribution is 2.39. The van der Waals surface area contributed by atoms with Crippen molar-refractivity contribution in [1.82, 2.24) is 10.3 Å². The molecule has 0 radical (unpaired) electrons. The molecule has 13 heavy (non-hydrogen) atoms. The Balaban J connectivity index is 1.69. The molecule has 3 heteroatoms. The van der Waals surface area contributed by atoms with Gasteiger partial charge in [-0.3, -0.25) is 0 Å². The largest absolute Gasteiger partial charge is 0.311 e. The van der Waals surface area contributed by atoms with Crippen molar-refractivity contribution in [3.63, 3.8) is 0 Å². The molecule has 2 rings (SSSR count). The Bertz CT molecular complexity index is 252. The monoisotopic (exact) mass is 196 g/mol. The van der Waals surface area contributed by atoms with Crippen LogP contribution in [-0.2, 0) is 6.54 Å². The lowest BCUT2D eigenvalue weighted by Gasteiger charge is -2.38. The molecular formula is C10H16N2S. The first-order chi connectivity index (χ1) is 6.29. The van der Waals surface area contributed by atoms with Gasteiger partial charge in [0.15, 0.2) is 0 Å². The van der Waals surface area contributed by atoms with E-state index in [1.165, 1.54) is 25.0 Å². The van der Waals surface area contributed by atoms with Crippen LogP contribution in [-0.4, -0.2) is 11.5 Å². The van der Waals surface area contributed by atoms with Gasteiger partial charge in [0.1, 0.15) is 0 Å². The predicted octanol–water partition coefficient (Wildman–Crippen LogP) is 2.42. The Kier molecular flexibility index (Phi) is 2.65. The smallest absolute Gasteiger partial charge is 0.0795 e. The molecule has 1 fully saturated rings. The second-order valence-corrected chi connectivity index (χ2v) is 4.97. The van der Waals surface area contributed by atoms with Crippen LogP contribution in [0, 0.1) is 5.41 Å². The first-order valence-electron chi connectivity index (χ1n) is 4.86. The van der Waals surface area contributed by atoms with E-state index in [0.29, 0.717) is 5.41 Å². The molecular weight excluding hydrogens is 180 g/mol. The molecule has 0 amide bonds. The van der Waals surface area contributed by atoms with Crippen molar-refractivity contribution in [2.45, 2.75) is 32.7 Å². The lowest BCUT2D eigenvalue weighted by Crippen LogP contribution is -2.37. The van der Waals surface area contributed by atoms with Gasteiger partial charge < -0.3 is 5.32 Å². The maximum absolute atomic E-state index is 4.24. The molecule has 72 valence electrons.